The van der Waals surface area contributed by atoms with Crippen molar-refractivity contribution in [2.45, 2.75) is 83.6 Å². The standard InChI is InChI=1S/C44H52N2O8Si2/c1-31(48)51-37-38(54-56(43(5,6)7,34-24-16-10-17-25-34)35-26-18-11-19-27-35)44(30-47,52-39(37)46-29-28-36(49)45-41(46)50)40(42(2,3)4)53-55(32-20-12-8-13-21-32)33-22-14-9-15-23-33/h8-29,37-40,47,55H,30H2,1-7H3,(H,45,49,50). The third-order valence-corrected chi connectivity index (χ3v) is 18.0. The van der Waals surface area contributed by atoms with Crippen LogP contribution in [0.3, 0.4) is 0 Å². The van der Waals surface area contributed by atoms with E-state index >= 15 is 0 Å². The van der Waals surface area contributed by atoms with E-state index in [-0.39, 0.29) is 0 Å². The zero-order valence-corrected chi connectivity index (χ0v) is 35.2. The number of carbonyl (C=O) groups is 1. The van der Waals surface area contributed by atoms with Gasteiger partial charge in [0.2, 0.25) is 9.04 Å². The number of aliphatic hydroxyl groups excluding tert-OH is 1. The van der Waals surface area contributed by atoms with Crippen LogP contribution in [0.1, 0.15) is 54.7 Å². The first-order valence-electron chi connectivity index (χ1n) is 18.9. The molecular weight excluding hydrogens is 741 g/mol. The zero-order valence-electron chi connectivity index (χ0n) is 33.0. The lowest BCUT2D eigenvalue weighted by Gasteiger charge is -2.51. The monoisotopic (exact) mass is 792 g/mol. The van der Waals surface area contributed by atoms with Crippen LogP contribution in [0.25, 0.3) is 0 Å². The molecule has 0 spiro atoms. The third kappa shape index (κ3) is 7.95. The van der Waals surface area contributed by atoms with Crippen molar-refractivity contribution in [1.29, 1.82) is 0 Å². The number of ether oxygens (including phenoxy) is 2. The van der Waals surface area contributed by atoms with Crippen LogP contribution in [0.5, 0.6) is 0 Å². The molecule has 294 valence electrons. The maximum absolute atomic E-state index is 13.6. The van der Waals surface area contributed by atoms with Gasteiger partial charge in [0.05, 0.1) is 12.7 Å². The van der Waals surface area contributed by atoms with E-state index in [2.05, 4.69) is 50.0 Å². The number of hydrogen-bond acceptors (Lipinski definition) is 8. The molecule has 0 amide bonds. The van der Waals surface area contributed by atoms with Gasteiger partial charge in [0, 0.05) is 19.2 Å². The summed E-state index contributed by atoms with van der Waals surface area (Å²) in [5.41, 5.74) is -3.86. The molecule has 6 rings (SSSR count). The lowest BCUT2D eigenvalue weighted by atomic mass is 9.76. The number of aromatic nitrogens is 2. The van der Waals surface area contributed by atoms with Crippen molar-refractivity contribution >= 4 is 44.1 Å². The maximum Gasteiger partial charge on any atom is 0.330 e. The van der Waals surface area contributed by atoms with Gasteiger partial charge in [-0.3, -0.25) is 19.1 Å². The zero-order chi connectivity index (χ0) is 40.3. The van der Waals surface area contributed by atoms with Gasteiger partial charge in [-0.25, -0.2) is 4.79 Å². The molecule has 2 heterocycles. The van der Waals surface area contributed by atoms with Crippen LogP contribution in [0.4, 0.5) is 0 Å². The van der Waals surface area contributed by atoms with E-state index in [0.29, 0.717) is 0 Å². The first kappa shape index (κ1) is 41.0. The first-order chi connectivity index (χ1) is 26.6. The maximum atomic E-state index is 13.6. The summed E-state index contributed by atoms with van der Waals surface area (Å²) < 4.78 is 29.9. The fourth-order valence-electron chi connectivity index (χ4n) is 8.20. The largest absolute Gasteiger partial charge is 0.455 e. The van der Waals surface area contributed by atoms with Gasteiger partial charge in [-0.15, -0.1) is 0 Å². The normalized spacial score (nSPS) is 20.8. The SMILES string of the molecule is CC(=O)OC1C(n2ccc(=O)[nH]c2=O)OC(CO)(C(O[SiH](c2ccccc2)c2ccccc2)C(C)(C)C)C1O[Si](c1ccccc1)(c1ccccc1)C(C)(C)C. The van der Waals surface area contributed by atoms with Gasteiger partial charge in [-0.05, 0) is 31.2 Å². The van der Waals surface area contributed by atoms with Crippen molar-refractivity contribution in [1.82, 2.24) is 9.55 Å². The van der Waals surface area contributed by atoms with E-state index in [0.717, 1.165) is 20.7 Å². The summed E-state index contributed by atoms with van der Waals surface area (Å²) in [7, 11) is -6.08. The molecular formula is C44H52N2O8Si2. The molecule has 10 nitrogen and oxygen atoms in total. The van der Waals surface area contributed by atoms with Gasteiger partial charge in [0.15, 0.2) is 12.3 Å². The molecule has 1 aliphatic heterocycles. The number of carbonyl (C=O) groups excluding carboxylic acids is 1. The first-order valence-corrected chi connectivity index (χ1v) is 22.5. The second kappa shape index (κ2) is 16.4. The van der Waals surface area contributed by atoms with Crippen molar-refractivity contribution in [3.05, 3.63) is 154 Å². The average molecular weight is 793 g/mol. The second-order valence-corrected chi connectivity index (χ2v) is 23.1. The van der Waals surface area contributed by atoms with E-state index in [1.807, 2.05) is 118 Å². The summed E-state index contributed by atoms with van der Waals surface area (Å²) in [6.45, 7) is 13.1. The lowest BCUT2D eigenvalue weighted by Crippen LogP contribution is -2.72. The molecule has 1 aromatic heterocycles. The summed E-state index contributed by atoms with van der Waals surface area (Å²) in [5, 5.41) is 15.5. The Morgan fingerprint density at radius 3 is 1.71 bits per heavy atom. The molecule has 5 unspecified atom stereocenters. The molecule has 1 fully saturated rings. The molecule has 0 saturated carbocycles. The molecule has 12 heteroatoms. The minimum absolute atomic E-state index is 0.548. The number of rotatable bonds is 12. The number of aromatic amines is 1. The number of benzene rings is 4. The fraction of sp³-hybridized carbons (Fsp3) is 0.341. The van der Waals surface area contributed by atoms with Crippen LogP contribution in [0, 0.1) is 5.41 Å². The van der Waals surface area contributed by atoms with Crippen molar-refractivity contribution in [2.75, 3.05) is 6.61 Å². The second-order valence-electron chi connectivity index (χ2n) is 16.5. The minimum Gasteiger partial charge on any atom is -0.455 e. The Labute approximate surface area is 330 Å². The number of H-pyrrole nitrogens is 1. The molecule has 0 radical (unpaired) electrons. The Hall–Kier alpha value is -4.70. The number of esters is 1. The van der Waals surface area contributed by atoms with Crippen molar-refractivity contribution < 1.29 is 28.2 Å². The highest BCUT2D eigenvalue weighted by Gasteiger charge is 2.67. The number of nitrogens with zero attached hydrogens (tertiary/aromatic N) is 1. The van der Waals surface area contributed by atoms with Gasteiger partial charge < -0.3 is 23.4 Å². The smallest absolute Gasteiger partial charge is 0.330 e. The molecule has 1 saturated heterocycles. The number of aliphatic hydroxyl groups is 1. The summed E-state index contributed by atoms with van der Waals surface area (Å²) in [4.78, 5) is 41.5. The lowest BCUT2D eigenvalue weighted by molar-refractivity contribution is -0.197. The van der Waals surface area contributed by atoms with Crippen molar-refractivity contribution in [3.8, 4) is 0 Å². The van der Waals surface area contributed by atoms with Crippen molar-refractivity contribution in [2.24, 2.45) is 5.41 Å². The van der Waals surface area contributed by atoms with Gasteiger partial charge >= 0.3 is 11.7 Å². The van der Waals surface area contributed by atoms with Crippen LogP contribution in [0.2, 0.25) is 5.04 Å². The Balaban J connectivity index is 1.67. The van der Waals surface area contributed by atoms with Gasteiger partial charge in [0.1, 0.15) is 11.7 Å². The predicted molar refractivity (Wildman–Crippen MR) is 223 cm³/mol. The van der Waals surface area contributed by atoms with Crippen LogP contribution >= 0.6 is 0 Å². The van der Waals surface area contributed by atoms with E-state index in [9.17, 15) is 19.5 Å². The van der Waals surface area contributed by atoms with Gasteiger partial charge in [-0.2, -0.15) is 0 Å². The molecule has 56 heavy (non-hydrogen) atoms. The molecule has 0 bridgehead atoms. The van der Waals surface area contributed by atoms with E-state index in [4.69, 9.17) is 18.3 Å². The van der Waals surface area contributed by atoms with Crippen molar-refractivity contribution in [3.63, 3.8) is 0 Å². The summed E-state index contributed by atoms with van der Waals surface area (Å²) >= 11 is 0. The minimum atomic E-state index is -3.51. The van der Waals surface area contributed by atoms with Crippen LogP contribution in [-0.2, 0) is 23.1 Å². The summed E-state index contributed by atoms with van der Waals surface area (Å²) in [5.74, 6) is -0.639. The Morgan fingerprint density at radius 1 is 0.821 bits per heavy atom. The predicted octanol–water partition coefficient (Wildman–Crippen LogP) is 3.64. The Bertz CT molecular complexity index is 2110. The average Bonchev–Trinajstić information content (AvgIpc) is 3.46. The van der Waals surface area contributed by atoms with E-state index in [1.165, 1.54) is 23.8 Å². The molecule has 5 aromatic rings. The number of nitrogens with one attached hydrogen (secondary N) is 1. The summed E-state index contributed by atoms with van der Waals surface area (Å²) in [6, 6.07) is 41.2. The Morgan fingerprint density at radius 2 is 1.30 bits per heavy atom. The highest BCUT2D eigenvalue weighted by molar-refractivity contribution is 6.99. The molecule has 4 aromatic carbocycles. The third-order valence-electron chi connectivity index (χ3n) is 10.5. The molecule has 1 aliphatic rings. The Kier molecular flexibility index (Phi) is 12.0. The quantitative estimate of drug-likeness (QED) is 0.145. The summed E-state index contributed by atoms with van der Waals surface area (Å²) in [6.07, 6.45) is -3.43. The molecule has 5 atom stereocenters. The van der Waals surface area contributed by atoms with Crippen LogP contribution < -0.4 is 32.0 Å². The topological polar surface area (TPSA) is 129 Å². The van der Waals surface area contributed by atoms with Crippen LogP contribution in [-0.4, -0.2) is 68.5 Å². The van der Waals surface area contributed by atoms with Crippen LogP contribution in [0.15, 0.2) is 143 Å². The van der Waals surface area contributed by atoms with Gasteiger partial charge in [-0.1, -0.05) is 163 Å². The highest BCUT2D eigenvalue weighted by Crippen LogP contribution is 2.50. The highest BCUT2D eigenvalue weighted by atomic mass is 28.4. The molecule has 2 N–H and O–H groups in total. The van der Waals surface area contributed by atoms with Gasteiger partial charge in [0.25, 0.3) is 13.9 Å². The van der Waals surface area contributed by atoms with E-state index < -0.39 is 81.8 Å². The molecule has 0 aliphatic carbocycles. The number of hydrogen-bond donors (Lipinski definition) is 2. The van der Waals surface area contributed by atoms with E-state index in [1.54, 1.807) is 0 Å². The fourth-order valence-corrected chi connectivity index (χ4v) is 15.7.